The number of aryl methyl sites for hydroxylation is 1. The van der Waals surface area contributed by atoms with Gasteiger partial charge in [-0.25, -0.2) is 9.97 Å². The van der Waals surface area contributed by atoms with E-state index in [9.17, 15) is 5.11 Å². The maximum absolute atomic E-state index is 9.55. The van der Waals surface area contributed by atoms with Gasteiger partial charge < -0.3 is 10.4 Å². The Hall–Kier alpha value is -1.94. The van der Waals surface area contributed by atoms with Crippen LogP contribution in [0.2, 0.25) is 0 Å². The lowest BCUT2D eigenvalue weighted by molar-refractivity contribution is 0.276. The van der Waals surface area contributed by atoms with E-state index in [-0.39, 0.29) is 12.6 Å². The minimum atomic E-state index is -0.153. The van der Waals surface area contributed by atoms with Crippen molar-refractivity contribution in [2.75, 3.05) is 11.9 Å². The smallest absolute Gasteiger partial charge is 0.133 e. The number of nitrogens with zero attached hydrogens (tertiary/aromatic N) is 2. The van der Waals surface area contributed by atoms with E-state index in [4.69, 9.17) is 0 Å². The molecule has 1 atom stereocenters. The lowest BCUT2D eigenvalue weighted by Crippen LogP contribution is -2.17. The molecule has 19 heavy (non-hydrogen) atoms. The Balaban J connectivity index is 2.24. The van der Waals surface area contributed by atoms with E-state index in [1.165, 1.54) is 0 Å². The van der Waals surface area contributed by atoms with Gasteiger partial charge in [-0.15, -0.1) is 0 Å². The fourth-order valence-corrected chi connectivity index (χ4v) is 2.07. The maximum Gasteiger partial charge on any atom is 0.133 e. The van der Waals surface area contributed by atoms with Gasteiger partial charge in [0.05, 0.1) is 12.6 Å². The van der Waals surface area contributed by atoms with Gasteiger partial charge in [0.2, 0.25) is 0 Å². The van der Waals surface area contributed by atoms with Gasteiger partial charge in [0.25, 0.3) is 0 Å². The Bertz CT molecular complexity index is 528. The molecule has 1 aromatic heterocycles. The summed E-state index contributed by atoms with van der Waals surface area (Å²) in [5.41, 5.74) is 3.11. The van der Waals surface area contributed by atoms with Gasteiger partial charge in [0.15, 0.2) is 0 Å². The van der Waals surface area contributed by atoms with Crippen molar-refractivity contribution < 1.29 is 5.11 Å². The van der Waals surface area contributed by atoms with Crippen LogP contribution < -0.4 is 5.32 Å². The number of nitrogens with one attached hydrogen (secondary N) is 1. The number of hydrogen-bond acceptors (Lipinski definition) is 4. The molecule has 0 aliphatic carbocycles. The predicted octanol–water partition coefficient (Wildman–Crippen LogP) is 2.49. The number of aromatic nitrogens is 2. The van der Waals surface area contributed by atoms with E-state index >= 15 is 0 Å². The van der Waals surface area contributed by atoms with Gasteiger partial charge >= 0.3 is 0 Å². The SMILES string of the molecule is CCc1ncnc(NC(CO)c2ccccc2)c1C. The average molecular weight is 257 g/mol. The zero-order chi connectivity index (χ0) is 13.7. The highest BCUT2D eigenvalue weighted by molar-refractivity contribution is 5.47. The van der Waals surface area contributed by atoms with Gasteiger partial charge in [0.1, 0.15) is 12.1 Å². The van der Waals surface area contributed by atoms with Crippen molar-refractivity contribution >= 4 is 5.82 Å². The highest BCUT2D eigenvalue weighted by Gasteiger charge is 2.13. The van der Waals surface area contributed by atoms with Crippen molar-refractivity contribution in [2.45, 2.75) is 26.3 Å². The Morgan fingerprint density at radius 2 is 1.95 bits per heavy atom. The third kappa shape index (κ3) is 3.09. The molecule has 4 nitrogen and oxygen atoms in total. The Morgan fingerprint density at radius 3 is 2.58 bits per heavy atom. The third-order valence-corrected chi connectivity index (χ3v) is 3.22. The predicted molar refractivity (Wildman–Crippen MR) is 76.0 cm³/mol. The highest BCUT2D eigenvalue weighted by Crippen LogP contribution is 2.21. The molecule has 0 saturated heterocycles. The number of rotatable bonds is 5. The summed E-state index contributed by atoms with van der Waals surface area (Å²) in [5, 5.41) is 12.8. The summed E-state index contributed by atoms with van der Waals surface area (Å²) in [6, 6.07) is 9.72. The summed E-state index contributed by atoms with van der Waals surface area (Å²) in [7, 11) is 0. The molecule has 2 rings (SSSR count). The van der Waals surface area contributed by atoms with E-state index in [0.29, 0.717) is 0 Å². The molecule has 0 saturated carbocycles. The lowest BCUT2D eigenvalue weighted by Gasteiger charge is -2.19. The first-order valence-corrected chi connectivity index (χ1v) is 6.49. The number of benzene rings is 1. The molecule has 0 fully saturated rings. The minimum Gasteiger partial charge on any atom is -0.394 e. The third-order valence-electron chi connectivity index (χ3n) is 3.22. The lowest BCUT2D eigenvalue weighted by atomic mass is 10.1. The van der Waals surface area contributed by atoms with Crippen molar-refractivity contribution in [1.82, 2.24) is 9.97 Å². The first-order valence-electron chi connectivity index (χ1n) is 6.49. The summed E-state index contributed by atoms with van der Waals surface area (Å²) in [5.74, 6) is 0.787. The molecule has 2 aromatic rings. The summed E-state index contributed by atoms with van der Waals surface area (Å²) in [6.45, 7) is 4.09. The minimum absolute atomic E-state index is 0.0227. The number of aliphatic hydroxyl groups excluding tert-OH is 1. The molecule has 4 heteroatoms. The van der Waals surface area contributed by atoms with Gasteiger partial charge in [0, 0.05) is 11.3 Å². The second-order valence-electron chi connectivity index (χ2n) is 4.44. The van der Waals surface area contributed by atoms with Gasteiger partial charge in [-0.2, -0.15) is 0 Å². The fraction of sp³-hybridized carbons (Fsp3) is 0.333. The van der Waals surface area contributed by atoms with Crippen LogP contribution in [-0.4, -0.2) is 21.7 Å². The molecular weight excluding hydrogens is 238 g/mol. The number of hydrogen-bond donors (Lipinski definition) is 2. The van der Waals surface area contributed by atoms with Crippen LogP contribution in [0.1, 0.15) is 29.8 Å². The monoisotopic (exact) mass is 257 g/mol. The van der Waals surface area contributed by atoms with E-state index < -0.39 is 0 Å². The molecule has 0 spiro atoms. The highest BCUT2D eigenvalue weighted by atomic mass is 16.3. The van der Waals surface area contributed by atoms with E-state index in [0.717, 1.165) is 29.1 Å². The molecule has 0 aliphatic rings. The van der Waals surface area contributed by atoms with Crippen LogP contribution in [-0.2, 0) is 6.42 Å². The van der Waals surface area contributed by atoms with Crippen molar-refractivity contribution in [3.8, 4) is 0 Å². The summed E-state index contributed by atoms with van der Waals surface area (Å²) >= 11 is 0. The molecule has 1 aromatic carbocycles. The van der Waals surface area contributed by atoms with E-state index in [2.05, 4.69) is 22.2 Å². The summed E-state index contributed by atoms with van der Waals surface area (Å²) in [6.07, 6.45) is 2.44. The van der Waals surface area contributed by atoms with Crippen molar-refractivity contribution in [2.24, 2.45) is 0 Å². The summed E-state index contributed by atoms with van der Waals surface area (Å²) in [4.78, 5) is 8.52. The van der Waals surface area contributed by atoms with Gasteiger partial charge in [-0.05, 0) is 18.9 Å². The normalized spacial score (nSPS) is 12.2. The Labute approximate surface area is 113 Å². The van der Waals surface area contributed by atoms with Crippen LogP contribution >= 0.6 is 0 Å². The van der Waals surface area contributed by atoms with Crippen LogP contribution in [0, 0.1) is 6.92 Å². The second kappa shape index (κ2) is 6.29. The first-order chi connectivity index (χ1) is 9.26. The molecule has 0 aliphatic heterocycles. The zero-order valence-corrected chi connectivity index (χ0v) is 11.3. The molecule has 1 heterocycles. The number of anilines is 1. The Morgan fingerprint density at radius 1 is 1.21 bits per heavy atom. The van der Waals surface area contributed by atoms with Crippen LogP contribution in [0.25, 0.3) is 0 Å². The first kappa shape index (κ1) is 13.5. The molecule has 1 unspecified atom stereocenters. The van der Waals surface area contributed by atoms with Crippen LogP contribution in [0.15, 0.2) is 36.7 Å². The zero-order valence-electron chi connectivity index (χ0n) is 11.3. The second-order valence-corrected chi connectivity index (χ2v) is 4.44. The molecule has 0 amide bonds. The average Bonchev–Trinajstić information content (AvgIpc) is 2.47. The molecule has 2 N–H and O–H groups in total. The fourth-order valence-electron chi connectivity index (χ4n) is 2.07. The van der Waals surface area contributed by atoms with Crippen molar-refractivity contribution in [1.29, 1.82) is 0 Å². The molecule has 0 bridgehead atoms. The maximum atomic E-state index is 9.55. The molecule has 0 radical (unpaired) electrons. The van der Waals surface area contributed by atoms with E-state index in [1.54, 1.807) is 6.33 Å². The quantitative estimate of drug-likeness (QED) is 0.864. The summed E-state index contributed by atoms with van der Waals surface area (Å²) < 4.78 is 0. The standard InChI is InChI=1S/C15H19N3O/c1-3-13-11(2)15(17-10-16-13)18-14(9-19)12-7-5-4-6-8-12/h4-8,10,14,19H,3,9H2,1-2H3,(H,16,17,18). The topological polar surface area (TPSA) is 58.0 Å². The largest absolute Gasteiger partial charge is 0.394 e. The van der Waals surface area contributed by atoms with Crippen LogP contribution in [0.5, 0.6) is 0 Å². The molecule has 100 valence electrons. The van der Waals surface area contributed by atoms with Gasteiger partial charge in [-0.3, -0.25) is 0 Å². The van der Waals surface area contributed by atoms with Crippen molar-refractivity contribution in [3.63, 3.8) is 0 Å². The van der Waals surface area contributed by atoms with Crippen molar-refractivity contribution in [3.05, 3.63) is 53.5 Å². The van der Waals surface area contributed by atoms with E-state index in [1.807, 2.05) is 37.3 Å². The van der Waals surface area contributed by atoms with Gasteiger partial charge in [-0.1, -0.05) is 37.3 Å². The Kier molecular flexibility index (Phi) is 4.47. The number of aliphatic hydroxyl groups is 1. The molecular formula is C15H19N3O. The van der Waals surface area contributed by atoms with Crippen LogP contribution in [0.4, 0.5) is 5.82 Å². The van der Waals surface area contributed by atoms with Crippen LogP contribution in [0.3, 0.4) is 0 Å².